The summed E-state index contributed by atoms with van der Waals surface area (Å²) in [4.78, 5) is 0.953. The van der Waals surface area contributed by atoms with Crippen LogP contribution in [0.15, 0.2) is 52.5 Å². The molecule has 0 spiro atoms. The van der Waals surface area contributed by atoms with Gasteiger partial charge in [-0.3, -0.25) is 0 Å². The lowest BCUT2D eigenvalue weighted by Crippen LogP contribution is -1.98. The van der Waals surface area contributed by atoms with Gasteiger partial charge in [-0.25, -0.2) is 0 Å². The van der Waals surface area contributed by atoms with E-state index in [2.05, 4.69) is 5.16 Å². The molecular formula is C14H11Cl2NOS. The Bertz CT molecular complexity index is 591. The summed E-state index contributed by atoms with van der Waals surface area (Å²) in [5.41, 5.74) is 1.71. The van der Waals surface area contributed by atoms with Gasteiger partial charge in [-0.05, 0) is 31.2 Å². The molecule has 2 aromatic carbocycles. The predicted molar refractivity (Wildman–Crippen MR) is 81.8 cm³/mol. The number of hydrogen-bond acceptors (Lipinski definition) is 3. The van der Waals surface area contributed by atoms with Gasteiger partial charge in [0, 0.05) is 10.5 Å². The first kappa shape index (κ1) is 14.3. The predicted octanol–water partition coefficient (Wildman–Crippen LogP) is 5.23. The average Bonchev–Trinajstić information content (AvgIpc) is 2.39. The van der Waals surface area contributed by atoms with E-state index in [1.807, 2.05) is 31.2 Å². The molecule has 0 bridgehead atoms. The highest BCUT2D eigenvalue weighted by Gasteiger charge is 2.14. The fourth-order valence-electron chi connectivity index (χ4n) is 1.54. The molecule has 0 aromatic heterocycles. The van der Waals surface area contributed by atoms with Crippen LogP contribution >= 0.6 is 35.0 Å². The molecule has 0 atom stereocenters. The van der Waals surface area contributed by atoms with Crippen molar-refractivity contribution < 1.29 is 5.21 Å². The highest BCUT2D eigenvalue weighted by Crippen LogP contribution is 2.32. The summed E-state index contributed by atoms with van der Waals surface area (Å²) in [6.45, 7) is 2.01. The van der Waals surface area contributed by atoms with Crippen molar-refractivity contribution in [1.82, 2.24) is 0 Å². The van der Waals surface area contributed by atoms with E-state index >= 15 is 0 Å². The van der Waals surface area contributed by atoms with Gasteiger partial charge in [0.1, 0.15) is 0 Å². The third-order valence-corrected chi connectivity index (χ3v) is 4.12. The maximum absolute atomic E-state index is 9.19. The lowest BCUT2D eigenvalue weighted by molar-refractivity contribution is 0.321. The molecule has 0 fully saturated rings. The molecule has 0 heterocycles. The van der Waals surface area contributed by atoms with E-state index in [1.54, 1.807) is 18.2 Å². The van der Waals surface area contributed by atoms with Crippen molar-refractivity contribution >= 4 is 40.0 Å². The molecule has 19 heavy (non-hydrogen) atoms. The van der Waals surface area contributed by atoms with Gasteiger partial charge in [-0.1, -0.05) is 63.9 Å². The zero-order valence-electron chi connectivity index (χ0n) is 10.1. The molecule has 0 saturated heterocycles. The molecule has 1 N–H and O–H groups in total. The maximum atomic E-state index is 9.19. The van der Waals surface area contributed by atoms with Crippen LogP contribution in [0.5, 0.6) is 0 Å². The Labute approximate surface area is 126 Å². The molecule has 0 aliphatic rings. The topological polar surface area (TPSA) is 32.6 Å². The Morgan fingerprint density at radius 1 is 1.05 bits per heavy atom. The summed E-state index contributed by atoms with van der Waals surface area (Å²) in [6.07, 6.45) is 0. The molecule has 5 heteroatoms. The fourth-order valence-corrected chi connectivity index (χ4v) is 3.09. The van der Waals surface area contributed by atoms with Crippen LogP contribution in [0.3, 0.4) is 0 Å². The normalized spacial score (nSPS) is 11.6. The van der Waals surface area contributed by atoms with Crippen molar-refractivity contribution in [2.24, 2.45) is 5.16 Å². The number of oxime groups is 1. The minimum absolute atomic E-state index is 0.374. The molecule has 0 radical (unpaired) electrons. The van der Waals surface area contributed by atoms with Gasteiger partial charge in [0.15, 0.2) is 5.04 Å². The van der Waals surface area contributed by atoms with Crippen LogP contribution in [-0.4, -0.2) is 10.3 Å². The molecule has 0 amide bonds. The van der Waals surface area contributed by atoms with Gasteiger partial charge < -0.3 is 5.21 Å². The van der Waals surface area contributed by atoms with E-state index in [1.165, 1.54) is 17.3 Å². The lowest BCUT2D eigenvalue weighted by Gasteiger charge is -2.08. The van der Waals surface area contributed by atoms with Crippen molar-refractivity contribution in [3.63, 3.8) is 0 Å². The highest BCUT2D eigenvalue weighted by atomic mass is 35.5. The van der Waals surface area contributed by atoms with Crippen LogP contribution in [-0.2, 0) is 0 Å². The van der Waals surface area contributed by atoms with E-state index in [0.29, 0.717) is 20.7 Å². The number of thioether (sulfide) groups is 1. The van der Waals surface area contributed by atoms with Crippen molar-refractivity contribution in [2.75, 3.05) is 0 Å². The maximum Gasteiger partial charge on any atom is 0.150 e. The number of halogens is 2. The molecular weight excluding hydrogens is 301 g/mol. The molecule has 0 saturated carbocycles. The molecule has 98 valence electrons. The van der Waals surface area contributed by atoms with Gasteiger partial charge in [-0.15, -0.1) is 0 Å². The van der Waals surface area contributed by atoms with Crippen molar-refractivity contribution in [3.05, 3.63) is 63.6 Å². The Morgan fingerprint density at radius 3 is 2.16 bits per heavy atom. The number of rotatable bonds is 2. The van der Waals surface area contributed by atoms with E-state index in [0.717, 1.165) is 4.90 Å². The van der Waals surface area contributed by atoms with Crippen molar-refractivity contribution in [3.8, 4) is 0 Å². The third-order valence-electron chi connectivity index (χ3n) is 2.50. The Kier molecular flexibility index (Phi) is 4.75. The van der Waals surface area contributed by atoms with Gasteiger partial charge in [-0.2, -0.15) is 0 Å². The fraction of sp³-hybridized carbons (Fsp3) is 0.0714. The molecule has 2 nitrogen and oxygen atoms in total. The number of nitrogens with zero attached hydrogens (tertiary/aromatic N) is 1. The number of aryl methyl sites for hydroxylation is 1. The van der Waals surface area contributed by atoms with Crippen molar-refractivity contribution in [1.29, 1.82) is 0 Å². The van der Waals surface area contributed by atoms with Gasteiger partial charge >= 0.3 is 0 Å². The van der Waals surface area contributed by atoms with Crippen LogP contribution in [0.4, 0.5) is 0 Å². The zero-order valence-corrected chi connectivity index (χ0v) is 12.4. The van der Waals surface area contributed by atoms with E-state index in [4.69, 9.17) is 23.2 Å². The first-order valence-electron chi connectivity index (χ1n) is 5.53. The molecule has 0 aliphatic heterocycles. The van der Waals surface area contributed by atoms with Crippen LogP contribution in [0.2, 0.25) is 10.0 Å². The lowest BCUT2D eigenvalue weighted by atomic mass is 10.2. The second-order valence-corrected chi connectivity index (χ2v) is 5.79. The van der Waals surface area contributed by atoms with E-state index in [9.17, 15) is 5.21 Å². The molecule has 2 aromatic rings. The minimum Gasteiger partial charge on any atom is -0.410 e. The molecule has 2 rings (SSSR count). The minimum atomic E-state index is 0.374. The largest absolute Gasteiger partial charge is 0.410 e. The van der Waals surface area contributed by atoms with Crippen LogP contribution in [0, 0.1) is 6.92 Å². The van der Waals surface area contributed by atoms with Crippen LogP contribution in [0.25, 0.3) is 0 Å². The Balaban J connectivity index is 2.34. The van der Waals surface area contributed by atoms with E-state index in [-0.39, 0.29) is 0 Å². The van der Waals surface area contributed by atoms with Gasteiger partial charge in [0.2, 0.25) is 0 Å². The van der Waals surface area contributed by atoms with E-state index < -0.39 is 0 Å². The Morgan fingerprint density at radius 2 is 1.63 bits per heavy atom. The van der Waals surface area contributed by atoms with Gasteiger partial charge in [0.25, 0.3) is 0 Å². The van der Waals surface area contributed by atoms with Crippen LogP contribution < -0.4 is 0 Å². The number of hydrogen-bond donors (Lipinski definition) is 1. The smallest absolute Gasteiger partial charge is 0.150 e. The summed E-state index contributed by atoms with van der Waals surface area (Å²) in [5, 5.41) is 13.8. The first-order chi connectivity index (χ1) is 9.11. The third kappa shape index (κ3) is 3.44. The molecule has 0 unspecified atom stereocenters. The zero-order chi connectivity index (χ0) is 13.8. The van der Waals surface area contributed by atoms with Crippen molar-refractivity contribution in [2.45, 2.75) is 11.8 Å². The van der Waals surface area contributed by atoms with Crippen LogP contribution in [0.1, 0.15) is 11.1 Å². The average molecular weight is 312 g/mol. The SMILES string of the molecule is Cc1ccc(SC(=NO)c2c(Cl)cccc2Cl)cc1. The summed E-state index contributed by atoms with van der Waals surface area (Å²) >= 11 is 13.5. The monoisotopic (exact) mass is 311 g/mol. The Hall–Kier alpha value is -1.16. The number of benzene rings is 2. The summed E-state index contributed by atoms with van der Waals surface area (Å²) in [5.74, 6) is 0. The second kappa shape index (κ2) is 6.33. The summed E-state index contributed by atoms with van der Waals surface area (Å²) in [6, 6.07) is 13.1. The quantitative estimate of drug-likeness (QED) is 0.271. The standard InChI is InChI=1S/C14H11Cl2NOS/c1-9-5-7-10(8-6-9)19-14(17-18)13-11(15)3-2-4-12(13)16/h2-8,18H,1H3. The summed E-state index contributed by atoms with van der Waals surface area (Å²) < 4.78 is 0. The van der Waals surface area contributed by atoms with Gasteiger partial charge in [0.05, 0.1) is 10.0 Å². The molecule has 0 aliphatic carbocycles. The highest BCUT2D eigenvalue weighted by molar-refractivity contribution is 8.14. The summed E-state index contributed by atoms with van der Waals surface area (Å²) in [7, 11) is 0. The second-order valence-electron chi connectivity index (χ2n) is 3.92. The first-order valence-corrected chi connectivity index (χ1v) is 7.10.